The van der Waals surface area contributed by atoms with Crippen LogP contribution in [0.2, 0.25) is 0 Å². The predicted octanol–water partition coefficient (Wildman–Crippen LogP) is 2.05. The van der Waals surface area contributed by atoms with Crippen LogP contribution in [0.4, 0.5) is 0 Å². The fraction of sp³-hybridized carbons (Fsp3) is 1.00. The van der Waals surface area contributed by atoms with Crippen molar-refractivity contribution in [2.24, 2.45) is 0 Å². The van der Waals surface area contributed by atoms with E-state index in [-0.39, 0.29) is 5.50 Å². The highest BCUT2D eigenvalue weighted by atomic mass is 35.5. The average Bonchev–Trinajstić information content (AvgIpc) is 1.65. The summed E-state index contributed by atoms with van der Waals surface area (Å²) in [6.07, 6.45) is 0. The highest BCUT2D eigenvalue weighted by Crippen LogP contribution is 2.04. The first-order chi connectivity index (χ1) is 3.18. The summed E-state index contributed by atoms with van der Waals surface area (Å²) >= 11 is 11.0. The minimum absolute atomic E-state index is 0.0633. The molecule has 0 bridgehead atoms. The molecule has 0 spiro atoms. The third-order valence-electron chi connectivity index (χ3n) is 0.688. The SMILES string of the molecule is CCN(Cl)C(C)Cl. The van der Waals surface area contributed by atoms with Gasteiger partial charge in [-0.25, -0.2) is 4.42 Å². The van der Waals surface area contributed by atoms with Gasteiger partial charge in [-0.15, -0.1) is 11.6 Å². The number of hydrogen-bond donors (Lipinski definition) is 0. The lowest BCUT2D eigenvalue weighted by atomic mass is 10.7. The molecule has 7 heavy (non-hydrogen) atoms. The molecule has 0 radical (unpaired) electrons. The predicted molar refractivity (Wildman–Crippen MR) is 33.5 cm³/mol. The molecule has 0 amide bonds. The normalized spacial score (nSPS) is 15.0. The number of rotatable bonds is 2. The second-order valence-electron chi connectivity index (χ2n) is 1.29. The second kappa shape index (κ2) is 3.53. The zero-order valence-corrected chi connectivity index (χ0v) is 6.00. The van der Waals surface area contributed by atoms with E-state index in [0.717, 1.165) is 6.54 Å². The van der Waals surface area contributed by atoms with Crippen LogP contribution < -0.4 is 0 Å². The van der Waals surface area contributed by atoms with Crippen molar-refractivity contribution in [1.82, 2.24) is 4.42 Å². The Bertz CT molecular complexity index is 47.0. The fourth-order valence-electron chi connectivity index (χ4n) is 0.252. The Balaban J connectivity index is 3.14. The number of halogens is 2. The Labute approximate surface area is 54.3 Å². The maximum absolute atomic E-state index is 5.52. The molecule has 0 N–H and O–H groups in total. The van der Waals surface area contributed by atoms with Gasteiger partial charge >= 0.3 is 0 Å². The van der Waals surface area contributed by atoms with Crippen molar-refractivity contribution >= 4 is 23.4 Å². The van der Waals surface area contributed by atoms with Gasteiger partial charge in [0.15, 0.2) is 0 Å². The molecule has 0 aromatic carbocycles. The summed E-state index contributed by atoms with van der Waals surface area (Å²) < 4.78 is 1.53. The summed E-state index contributed by atoms with van der Waals surface area (Å²) in [5.41, 5.74) is -0.0633. The molecule has 1 atom stereocenters. The first-order valence-electron chi connectivity index (χ1n) is 2.25. The zero-order valence-electron chi connectivity index (χ0n) is 4.49. The van der Waals surface area contributed by atoms with Crippen molar-refractivity contribution < 1.29 is 0 Å². The van der Waals surface area contributed by atoms with E-state index in [2.05, 4.69) is 0 Å². The lowest BCUT2D eigenvalue weighted by Gasteiger charge is -2.11. The largest absolute Gasteiger partial charge is 0.203 e. The molecule has 3 heteroatoms. The first-order valence-corrected chi connectivity index (χ1v) is 3.02. The van der Waals surface area contributed by atoms with Gasteiger partial charge in [-0.3, -0.25) is 0 Å². The molecule has 0 aliphatic carbocycles. The average molecular weight is 142 g/mol. The maximum Gasteiger partial charge on any atom is 0.0961 e. The third kappa shape index (κ3) is 3.15. The highest BCUT2D eigenvalue weighted by Gasteiger charge is 2.01. The first kappa shape index (κ1) is 7.54. The van der Waals surface area contributed by atoms with E-state index in [1.165, 1.54) is 4.42 Å². The zero-order chi connectivity index (χ0) is 5.86. The molecule has 0 fully saturated rings. The Hall–Kier alpha value is 0.540. The number of alkyl halides is 1. The Morgan fingerprint density at radius 2 is 2.14 bits per heavy atom. The van der Waals surface area contributed by atoms with Gasteiger partial charge in [-0.2, -0.15) is 0 Å². The summed E-state index contributed by atoms with van der Waals surface area (Å²) in [5.74, 6) is 0. The molecule has 0 saturated heterocycles. The van der Waals surface area contributed by atoms with Gasteiger partial charge in [0.1, 0.15) is 0 Å². The van der Waals surface area contributed by atoms with Crippen LogP contribution in [0, 0.1) is 0 Å². The van der Waals surface area contributed by atoms with Crippen LogP contribution in [-0.4, -0.2) is 16.5 Å². The van der Waals surface area contributed by atoms with E-state index < -0.39 is 0 Å². The quantitative estimate of drug-likeness (QED) is 0.324. The summed E-state index contributed by atoms with van der Waals surface area (Å²) in [6, 6.07) is 0. The summed E-state index contributed by atoms with van der Waals surface area (Å²) in [6.45, 7) is 4.57. The molecule has 1 unspecified atom stereocenters. The van der Waals surface area contributed by atoms with Gasteiger partial charge in [0.25, 0.3) is 0 Å². The highest BCUT2D eigenvalue weighted by molar-refractivity contribution is 6.24. The molecule has 0 heterocycles. The summed E-state index contributed by atoms with van der Waals surface area (Å²) in [7, 11) is 0. The Kier molecular flexibility index (Phi) is 3.80. The van der Waals surface area contributed by atoms with Gasteiger partial charge in [-0.1, -0.05) is 6.92 Å². The van der Waals surface area contributed by atoms with Crippen LogP contribution in [0.3, 0.4) is 0 Å². The van der Waals surface area contributed by atoms with Crippen LogP contribution in [-0.2, 0) is 0 Å². The van der Waals surface area contributed by atoms with Crippen molar-refractivity contribution in [3.63, 3.8) is 0 Å². The molecule has 0 saturated carbocycles. The van der Waals surface area contributed by atoms with E-state index in [4.69, 9.17) is 23.4 Å². The smallest absolute Gasteiger partial charge is 0.0961 e. The minimum Gasteiger partial charge on any atom is -0.203 e. The van der Waals surface area contributed by atoms with Crippen LogP contribution in [0.15, 0.2) is 0 Å². The van der Waals surface area contributed by atoms with Crippen LogP contribution >= 0.6 is 23.4 Å². The Morgan fingerprint density at radius 3 is 2.14 bits per heavy atom. The molecule has 0 rings (SSSR count). The van der Waals surface area contributed by atoms with Gasteiger partial charge in [0.05, 0.1) is 5.50 Å². The molecule has 0 aromatic rings. The topological polar surface area (TPSA) is 3.24 Å². The van der Waals surface area contributed by atoms with Gasteiger partial charge < -0.3 is 0 Å². The summed E-state index contributed by atoms with van der Waals surface area (Å²) in [5, 5.41) is 0. The molecule has 44 valence electrons. The molecule has 0 aliphatic heterocycles. The third-order valence-corrected chi connectivity index (χ3v) is 1.56. The maximum atomic E-state index is 5.52. The van der Waals surface area contributed by atoms with Crippen molar-refractivity contribution in [3.05, 3.63) is 0 Å². The van der Waals surface area contributed by atoms with Crippen LogP contribution in [0.25, 0.3) is 0 Å². The van der Waals surface area contributed by atoms with Gasteiger partial charge in [0.2, 0.25) is 0 Å². The second-order valence-corrected chi connectivity index (χ2v) is 2.36. The lowest BCUT2D eigenvalue weighted by Crippen LogP contribution is -2.17. The molecule has 1 nitrogen and oxygen atoms in total. The summed E-state index contributed by atoms with van der Waals surface area (Å²) in [4.78, 5) is 0. The van der Waals surface area contributed by atoms with Crippen molar-refractivity contribution in [2.45, 2.75) is 19.3 Å². The van der Waals surface area contributed by atoms with E-state index in [1.54, 1.807) is 0 Å². The van der Waals surface area contributed by atoms with Crippen molar-refractivity contribution in [3.8, 4) is 0 Å². The van der Waals surface area contributed by atoms with E-state index in [1.807, 2.05) is 13.8 Å². The molecule has 0 aliphatic rings. The van der Waals surface area contributed by atoms with E-state index >= 15 is 0 Å². The van der Waals surface area contributed by atoms with Crippen LogP contribution in [0.1, 0.15) is 13.8 Å². The van der Waals surface area contributed by atoms with E-state index in [0.29, 0.717) is 0 Å². The lowest BCUT2D eigenvalue weighted by molar-refractivity contribution is 0.467. The number of hydrogen-bond acceptors (Lipinski definition) is 1. The van der Waals surface area contributed by atoms with Gasteiger partial charge in [-0.05, 0) is 18.7 Å². The van der Waals surface area contributed by atoms with Crippen LogP contribution in [0.5, 0.6) is 0 Å². The standard InChI is InChI=1S/C4H9Cl2N/c1-3-7(6)4(2)5/h4H,3H2,1-2H3. The van der Waals surface area contributed by atoms with Crippen molar-refractivity contribution in [2.75, 3.05) is 6.54 Å². The van der Waals surface area contributed by atoms with Crippen molar-refractivity contribution in [1.29, 1.82) is 0 Å². The molecular weight excluding hydrogens is 133 g/mol. The monoisotopic (exact) mass is 141 g/mol. The number of nitrogens with zero attached hydrogens (tertiary/aromatic N) is 1. The Morgan fingerprint density at radius 1 is 1.71 bits per heavy atom. The van der Waals surface area contributed by atoms with E-state index in [9.17, 15) is 0 Å². The van der Waals surface area contributed by atoms with Gasteiger partial charge in [0, 0.05) is 6.54 Å². The molecular formula is C4H9Cl2N. The minimum atomic E-state index is -0.0633. The fourth-order valence-corrected chi connectivity index (χ4v) is 0.390. The molecule has 0 aromatic heterocycles.